The van der Waals surface area contributed by atoms with Gasteiger partial charge in [-0.25, -0.2) is 9.97 Å². The molecule has 2 aliphatic rings. The van der Waals surface area contributed by atoms with Crippen LogP contribution in [0, 0.1) is 0 Å². The van der Waals surface area contributed by atoms with Crippen LogP contribution in [0.3, 0.4) is 0 Å². The predicted molar refractivity (Wildman–Crippen MR) is 75.4 cm³/mol. The van der Waals surface area contributed by atoms with Crippen molar-refractivity contribution in [1.82, 2.24) is 9.97 Å². The van der Waals surface area contributed by atoms with E-state index in [2.05, 4.69) is 15.3 Å². The molecule has 0 spiro atoms. The number of hydrogen-bond donors (Lipinski definition) is 1. The van der Waals surface area contributed by atoms with Crippen LogP contribution in [-0.4, -0.2) is 29.2 Å². The highest BCUT2D eigenvalue weighted by atomic mass is 16.5. The van der Waals surface area contributed by atoms with Crippen LogP contribution >= 0.6 is 0 Å². The summed E-state index contributed by atoms with van der Waals surface area (Å²) in [6.07, 6.45) is 11.7. The van der Waals surface area contributed by atoms with Gasteiger partial charge in [0.25, 0.3) is 0 Å². The first-order valence-electron chi connectivity index (χ1n) is 7.62. The van der Waals surface area contributed by atoms with E-state index in [1.165, 1.54) is 43.4 Å². The van der Waals surface area contributed by atoms with Crippen LogP contribution in [0.2, 0.25) is 0 Å². The molecule has 1 unspecified atom stereocenters. The summed E-state index contributed by atoms with van der Waals surface area (Å²) in [6.45, 7) is 1.89. The van der Waals surface area contributed by atoms with Crippen molar-refractivity contribution in [3.63, 3.8) is 0 Å². The first-order valence-corrected chi connectivity index (χ1v) is 7.62. The molecule has 1 N–H and O–H groups in total. The van der Waals surface area contributed by atoms with Gasteiger partial charge < -0.3 is 10.1 Å². The lowest BCUT2D eigenvalue weighted by Gasteiger charge is -2.23. The number of nitrogens with one attached hydrogen (secondary N) is 1. The summed E-state index contributed by atoms with van der Waals surface area (Å²) in [5.41, 5.74) is 2.59. The number of aryl methyl sites for hydroxylation is 1. The normalized spacial score (nSPS) is 22.8. The van der Waals surface area contributed by atoms with Crippen LogP contribution in [0.15, 0.2) is 6.33 Å². The van der Waals surface area contributed by atoms with Crippen LogP contribution in [0.25, 0.3) is 0 Å². The van der Waals surface area contributed by atoms with Crippen LogP contribution in [0.5, 0.6) is 0 Å². The number of rotatable bonds is 4. The van der Waals surface area contributed by atoms with E-state index in [1.807, 2.05) is 0 Å². The van der Waals surface area contributed by atoms with Gasteiger partial charge in [-0.15, -0.1) is 0 Å². The molecule has 1 aliphatic heterocycles. The van der Waals surface area contributed by atoms with Crippen molar-refractivity contribution < 1.29 is 4.74 Å². The van der Waals surface area contributed by atoms with Crippen molar-refractivity contribution in [2.45, 2.75) is 57.5 Å². The zero-order valence-corrected chi connectivity index (χ0v) is 11.5. The molecule has 0 amide bonds. The second-order valence-electron chi connectivity index (χ2n) is 5.56. The fraction of sp³-hybridized carbons (Fsp3) is 0.733. The Morgan fingerprint density at radius 3 is 3.00 bits per heavy atom. The molecule has 0 aromatic carbocycles. The molecule has 1 aromatic heterocycles. The minimum atomic E-state index is 0.443. The standard InChI is InChI=1S/C15H23N3O/c1-2-7-14-13(6-1)15(18-11-17-14)16-9-8-12-5-3-4-10-19-12/h11-12H,1-10H2,(H,16,17,18). The maximum Gasteiger partial charge on any atom is 0.132 e. The Hall–Kier alpha value is -1.16. The summed E-state index contributed by atoms with van der Waals surface area (Å²) in [7, 11) is 0. The number of anilines is 1. The summed E-state index contributed by atoms with van der Waals surface area (Å²) in [6, 6.07) is 0. The Kier molecular flexibility index (Phi) is 4.28. The van der Waals surface area contributed by atoms with Crippen molar-refractivity contribution in [3.05, 3.63) is 17.6 Å². The third kappa shape index (κ3) is 3.24. The Balaban J connectivity index is 1.54. The van der Waals surface area contributed by atoms with E-state index in [-0.39, 0.29) is 0 Å². The second-order valence-corrected chi connectivity index (χ2v) is 5.56. The average Bonchev–Trinajstić information content (AvgIpc) is 2.49. The molecule has 3 rings (SSSR count). The first kappa shape index (κ1) is 12.9. The molecule has 1 saturated heterocycles. The van der Waals surface area contributed by atoms with Gasteiger partial charge in [0.2, 0.25) is 0 Å². The molecule has 104 valence electrons. The maximum atomic E-state index is 5.76. The van der Waals surface area contributed by atoms with E-state index in [4.69, 9.17) is 4.74 Å². The predicted octanol–water partition coefficient (Wildman–Crippen LogP) is 2.73. The van der Waals surface area contributed by atoms with Gasteiger partial charge in [0, 0.05) is 24.4 Å². The highest BCUT2D eigenvalue weighted by molar-refractivity contribution is 5.46. The minimum Gasteiger partial charge on any atom is -0.378 e. The van der Waals surface area contributed by atoms with E-state index >= 15 is 0 Å². The summed E-state index contributed by atoms with van der Waals surface area (Å²) >= 11 is 0. The van der Waals surface area contributed by atoms with E-state index < -0.39 is 0 Å². The average molecular weight is 261 g/mol. The molecule has 19 heavy (non-hydrogen) atoms. The van der Waals surface area contributed by atoms with Crippen molar-refractivity contribution in [2.24, 2.45) is 0 Å². The molecule has 1 atom stereocenters. The Morgan fingerprint density at radius 1 is 1.16 bits per heavy atom. The maximum absolute atomic E-state index is 5.76. The minimum absolute atomic E-state index is 0.443. The summed E-state index contributed by atoms with van der Waals surface area (Å²) in [5.74, 6) is 1.06. The third-order valence-corrected chi connectivity index (χ3v) is 4.16. The molecular formula is C15H23N3O. The SMILES string of the molecule is c1nc2c(c(NCCC3CCCCO3)n1)CCCC2. The quantitative estimate of drug-likeness (QED) is 0.905. The largest absolute Gasteiger partial charge is 0.378 e. The number of fused-ring (bicyclic) bond motifs is 1. The van der Waals surface area contributed by atoms with E-state index in [9.17, 15) is 0 Å². The second kappa shape index (κ2) is 6.33. The van der Waals surface area contributed by atoms with E-state index in [1.54, 1.807) is 6.33 Å². The van der Waals surface area contributed by atoms with Crippen molar-refractivity contribution in [2.75, 3.05) is 18.5 Å². The van der Waals surface area contributed by atoms with Gasteiger partial charge in [-0.05, 0) is 51.4 Å². The molecule has 0 saturated carbocycles. The van der Waals surface area contributed by atoms with Crippen LogP contribution in [-0.2, 0) is 17.6 Å². The molecule has 4 nitrogen and oxygen atoms in total. The topological polar surface area (TPSA) is 47.0 Å². The fourth-order valence-electron chi connectivity index (χ4n) is 3.06. The highest BCUT2D eigenvalue weighted by Crippen LogP contribution is 2.24. The van der Waals surface area contributed by atoms with E-state index in [0.29, 0.717) is 6.10 Å². The summed E-state index contributed by atoms with van der Waals surface area (Å²) in [5, 5.41) is 3.49. The Bertz CT molecular complexity index is 416. The first-order chi connectivity index (χ1) is 9.43. The van der Waals surface area contributed by atoms with Crippen LogP contribution in [0.4, 0.5) is 5.82 Å². The van der Waals surface area contributed by atoms with Gasteiger partial charge in [-0.3, -0.25) is 0 Å². The third-order valence-electron chi connectivity index (χ3n) is 4.16. The molecule has 1 aliphatic carbocycles. The molecule has 0 radical (unpaired) electrons. The van der Waals surface area contributed by atoms with Gasteiger partial charge in [0.15, 0.2) is 0 Å². The van der Waals surface area contributed by atoms with E-state index in [0.717, 1.165) is 38.2 Å². The zero-order chi connectivity index (χ0) is 12.9. The lowest BCUT2D eigenvalue weighted by atomic mass is 9.96. The van der Waals surface area contributed by atoms with Gasteiger partial charge >= 0.3 is 0 Å². The lowest BCUT2D eigenvalue weighted by molar-refractivity contribution is 0.0134. The molecule has 1 fully saturated rings. The summed E-state index contributed by atoms with van der Waals surface area (Å²) in [4.78, 5) is 8.81. The van der Waals surface area contributed by atoms with Gasteiger partial charge in [-0.2, -0.15) is 0 Å². The number of aromatic nitrogens is 2. The van der Waals surface area contributed by atoms with Crippen molar-refractivity contribution in [3.8, 4) is 0 Å². The highest BCUT2D eigenvalue weighted by Gasteiger charge is 2.16. The Labute approximate surface area is 115 Å². The van der Waals surface area contributed by atoms with Crippen molar-refractivity contribution in [1.29, 1.82) is 0 Å². The molecule has 1 aromatic rings. The Morgan fingerprint density at radius 2 is 2.11 bits per heavy atom. The van der Waals surface area contributed by atoms with Crippen molar-refractivity contribution >= 4 is 5.82 Å². The zero-order valence-electron chi connectivity index (χ0n) is 11.5. The van der Waals surface area contributed by atoms with Crippen LogP contribution in [0.1, 0.15) is 49.8 Å². The van der Waals surface area contributed by atoms with Gasteiger partial charge in [0.05, 0.1) is 6.10 Å². The molecule has 0 bridgehead atoms. The lowest BCUT2D eigenvalue weighted by Crippen LogP contribution is -2.22. The number of hydrogen-bond acceptors (Lipinski definition) is 4. The number of nitrogens with zero attached hydrogens (tertiary/aromatic N) is 2. The molecular weight excluding hydrogens is 238 g/mol. The molecule has 4 heteroatoms. The number of ether oxygens (including phenoxy) is 1. The fourth-order valence-corrected chi connectivity index (χ4v) is 3.06. The smallest absolute Gasteiger partial charge is 0.132 e. The van der Waals surface area contributed by atoms with Crippen LogP contribution < -0.4 is 5.32 Å². The van der Waals surface area contributed by atoms with Gasteiger partial charge in [-0.1, -0.05) is 0 Å². The van der Waals surface area contributed by atoms with Gasteiger partial charge in [0.1, 0.15) is 12.1 Å². The monoisotopic (exact) mass is 261 g/mol. The summed E-state index contributed by atoms with van der Waals surface area (Å²) < 4.78 is 5.76. The molecule has 2 heterocycles.